The highest BCUT2D eigenvalue weighted by atomic mass is 79.9. The first-order valence-corrected chi connectivity index (χ1v) is 11.2. The maximum Gasteiger partial charge on any atom is 0.142 e. The van der Waals surface area contributed by atoms with Gasteiger partial charge in [-0.15, -0.1) is 0 Å². The number of aryl methyl sites for hydroxylation is 3. The van der Waals surface area contributed by atoms with Gasteiger partial charge < -0.3 is 0 Å². The predicted octanol–water partition coefficient (Wildman–Crippen LogP) is 5.56. The molecule has 1 unspecified atom stereocenters. The zero-order chi connectivity index (χ0) is 18.1. The van der Waals surface area contributed by atoms with Gasteiger partial charge in [0.05, 0.1) is 10.6 Å². The maximum atomic E-state index is 13.6. The predicted molar refractivity (Wildman–Crippen MR) is 111 cm³/mol. The van der Waals surface area contributed by atoms with Crippen LogP contribution >= 0.6 is 15.9 Å². The molecule has 0 saturated heterocycles. The van der Waals surface area contributed by atoms with E-state index in [2.05, 4.69) is 42.8 Å². The Morgan fingerprint density at radius 3 is 2.29 bits per heavy atom. The first-order valence-electron chi connectivity index (χ1n) is 7.99. The number of nitrogens with zero attached hydrogens (tertiary/aromatic N) is 1. The van der Waals surface area contributed by atoms with Crippen LogP contribution in [0.2, 0.25) is 0 Å². The van der Waals surface area contributed by atoms with E-state index in [1.165, 1.54) is 5.56 Å². The molecule has 0 aliphatic carbocycles. The van der Waals surface area contributed by atoms with E-state index in [-0.39, 0.29) is 0 Å². The van der Waals surface area contributed by atoms with Crippen molar-refractivity contribution >= 4 is 41.5 Å². The Balaban J connectivity index is 2.59. The van der Waals surface area contributed by atoms with Crippen molar-refractivity contribution in [3.63, 3.8) is 0 Å². The lowest BCUT2D eigenvalue weighted by molar-refractivity contribution is 0.641. The van der Waals surface area contributed by atoms with E-state index >= 15 is 0 Å². The minimum absolute atomic E-state index is 0.353. The Kier molecular flexibility index (Phi) is 6.10. The second-order valence-corrected chi connectivity index (χ2v) is 10.7. The zero-order valence-corrected chi connectivity index (χ0v) is 18.0. The molecule has 0 N–H and O–H groups in total. The average Bonchev–Trinajstić information content (AvgIpc) is 2.48. The molecule has 0 radical (unpaired) electrons. The summed E-state index contributed by atoms with van der Waals surface area (Å²) in [6.07, 6.45) is 0. The van der Waals surface area contributed by atoms with Gasteiger partial charge in [-0.1, -0.05) is 47.5 Å². The molecule has 2 rings (SSSR count). The van der Waals surface area contributed by atoms with Gasteiger partial charge in [0, 0.05) is 22.2 Å². The van der Waals surface area contributed by atoms with Crippen molar-refractivity contribution in [1.82, 2.24) is 0 Å². The summed E-state index contributed by atoms with van der Waals surface area (Å²) in [5, 5.41) is 0. The highest BCUT2D eigenvalue weighted by molar-refractivity contribution is 9.10. The molecule has 2 nitrogen and oxygen atoms in total. The van der Waals surface area contributed by atoms with Gasteiger partial charge in [-0.3, -0.25) is 4.31 Å². The molecule has 2 aromatic carbocycles. The molecular formula is C19H24BrNOS2. The zero-order valence-electron chi connectivity index (χ0n) is 14.8. The molecule has 0 bridgehead atoms. The van der Waals surface area contributed by atoms with Gasteiger partial charge in [0.1, 0.15) is 8.68 Å². The van der Waals surface area contributed by atoms with E-state index in [0.29, 0.717) is 17.4 Å². The Bertz CT molecular complexity index is 844. The SMILES string of the molecule is Cc1ccc(N(CC(C)C)S(=O)(=S)c2ccc(Br)c(C)c2)c(C)c1. The van der Waals surface area contributed by atoms with Crippen molar-refractivity contribution in [2.45, 2.75) is 39.5 Å². The summed E-state index contributed by atoms with van der Waals surface area (Å²) in [6.45, 7) is 11.0. The summed E-state index contributed by atoms with van der Waals surface area (Å²) in [5.41, 5.74) is 4.28. The van der Waals surface area contributed by atoms with E-state index in [9.17, 15) is 4.21 Å². The average molecular weight is 426 g/mol. The maximum absolute atomic E-state index is 13.6. The van der Waals surface area contributed by atoms with Crippen molar-refractivity contribution < 1.29 is 4.21 Å². The Morgan fingerprint density at radius 2 is 1.75 bits per heavy atom. The smallest absolute Gasteiger partial charge is 0.142 e. The van der Waals surface area contributed by atoms with Crippen molar-refractivity contribution in [3.8, 4) is 0 Å². The number of halogens is 1. The summed E-state index contributed by atoms with van der Waals surface area (Å²) in [5.74, 6) is 0.353. The lowest BCUT2D eigenvalue weighted by Crippen LogP contribution is -2.34. The van der Waals surface area contributed by atoms with Crippen LogP contribution in [0.25, 0.3) is 0 Å². The largest absolute Gasteiger partial charge is 0.287 e. The third-order valence-electron chi connectivity index (χ3n) is 3.87. The fourth-order valence-electron chi connectivity index (χ4n) is 2.65. The normalized spacial score (nSPS) is 13.8. The third-order valence-corrected chi connectivity index (χ3v) is 7.65. The first-order chi connectivity index (χ1) is 11.1. The number of hydrogen-bond donors (Lipinski definition) is 0. The lowest BCUT2D eigenvalue weighted by atomic mass is 10.1. The molecule has 0 amide bonds. The second-order valence-electron chi connectivity index (χ2n) is 6.63. The monoisotopic (exact) mass is 425 g/mol. The van der Waals surface area contributed by atoms with E-state index in [1.54, 1.807) is 0 Å². The molecule has 0 spiro atoms. The van der Waals surface area contributed by atoms with Crippen molar-refractivity contribution in [2.75, 3.05) is 10.8 Å². The topological polar surface area (TPSA) is 20.3 Å². The molecule has 0 saturated carbocycles. The van der Waals surface area contributed by atoms with Crippen LogP contribution in [0.1, 0.15) is 30.5 Å². The fourth-order valence-corrected chi connectivity index (χ4v) is 5.41. The minimum Gasteiger partial charge on any atom is -0.287 e. The highest BCUT2D eigenvalue weighted by Crippen LogP contribution is 2.30. The third kappa shape index (κ3) is 4.19. The van der Waals surface area contributed by atoms with Crippen LogP contribution in [0.3, 0.4) is 0 Å². The quantitative estimate of drug-likeness (QED) is 0.624. The van der Waals surface area contributed by atoms with Gasteiger partial charge in [0.25, 0.3) is 0 Å². The molecule has 24 heavy (non-hydrogen) atoms. The van der Waals surface area contributed by atoms with Crippen LogP contribution in [0.15, 0.2) is 45.8 Å². The molecule has 0 aliphatic heterocycles. The van der Waals surface area contributed by atoms with Crippen LogP contribution in [0, 0.1) is 26.7 Å². The number of anilines is 1. The first kappa shape index (κ1) is 19.4. The summed E-state index contributed by atoms with van der Waals surface area (Å²) in [7, 11) is -2.78. The molecule has 130 valence electrons. The highest BCUT2D eigenvalue weighted by Gasteiger charge is 2.24. The molecule has 0 aliphatic rings. The number of benzene rings is 2. The van der Waals surface area contributed by atoms with Crippen molar-refractivity contribution in [3.05, 3.63) is 57.6 Å². The van der Waals surface area contributed by atoms with Crippen LogP contribution in [-0.4, -0.2) is 10.8 Å². The summed E-state index contributed by atoms with van der Waals surface area (Å²) >= 11 is 9.16. The van der Waals surface area contributed by atoms with Crippen molar-refractivity contribution in [1.29, 1.82) is 0 Å². The van der Waals surface area contributed by atoms with Crippen LogP contribution in [-0.2, 0) is 19.9 Å². The summed E-state index contributed by atoms with van der Waals surface area (Å²) < 4.78 is 16.6. The van der Waals surface area contributed by atoms with Gasteiger partial charge in [-0.25, -0.2) is 4.21 Å². The van der Waals surface area contributed by atoms with Gasteiger partial charge >= 0.3 is 0 Å². The van der Waals surface area contributed by atoms with E-state index in [0.717, 1.165) is 21.3 Å². The van der Waals surface area contributed by atoms with E-state index in [4.69, 9.17) is 11.2 Å². The molecule has 0 aromatic heterocycles. The number of hydrogen-bond acceptors (Lipinski definition) is 2. The van der Waals surface area contributed by atoms with Gasteiger partial charge in [0.15, 0.2) is 0 Å². The van der Waals surface area contributed by atoms with Gasteiger partial charge in [0.2, 0.25) is 0 Å². The Hall–Kier alpha value is -0.910. The van der Waals surface area contributed by atoms with E-state index in [1.807, 2.05) is 48.5 Å². The number of rotatable bonds is 5. The Morgan fingerprint density at radius 1 is 1.08 bits per heavy atom. The molecule has 5 heteroatoms. The van der Waals surface area contributed by atoms with E-state index < -0.39 is 8.68 Å². The van der Waals surface area contributed by atoms with Crippen LogP contribution in [0.5, 0.6) is 0 Å². The Labute approximate surface area is 159 Å². The summed E-state index contributed by atoms with van der Waals surface area (Å²) in [4.78, 5) is 0.693. The lowest BCUT2D eigenvalue weighted by Gasteiger charge is -2.30. The molecule has 1 atom stereocenters. The van der Waals surface area contributed by atoms with Gasteiger partial charge in [-0.05, 0) is 62.1 Å². The molecule has 0 heterocycles. The van der Waals surface area contributed by atoms with Crippen molar-refractivity contribution in [2.24, 2.45) is 5.92 Å². The second kappa shape index (κ2) is 7.54. The molecular weight excluding hydrogens is 402 g/mol. The molecule has 2 aromatic rings. The molecule has 0 fully saturated rings. The van der Waals surface area contributed by atoms with Crippen LogP contribution < -0.4 is 4.31 Å². The van der Waals surface area contributed by atoms with Gasteiger partial charge in [-0.2, -0.15) is 0 Å². The van der Waals surface area contributed by atoms with Crippen LogP contribution in [0.4, 0.5) is 5.69 Å². The minimum atomic E-state index is -2.78. The summed E-state index contributed by atoms with van der Waals surface area (Å²) in [6, 6.07) is 11.9. The fraction of sp³-hybridized carbons (Fsp3) is 0.368. The standard InChI is InChI=1S/C19H24BrNOS2/c1-13(2)12-21(19-9-6-14(3)10-16(19)5)24(22,23)17-7-8-18(20)15(4)11-17/h6-11,13H,12H2,1-5H3.